The molecule has 0 radical (unpaired) electrons. The second-order valence-corrected chi connectivity index (χ2v) is 8.62. The summed E-state index contributed by atoms with van der Waals surface area (Å²) < 4.78 is 41.1. The highest BCUT2D eigenvalue weighted by molar-refractivity contribution is 7.89. The lowest BCUT2D eigenvalue weighted by atomic mass is 9.96. The van der Waals surface area contributed by atoms with Gasteiger partial charge in [0.05, 0.1) is 4.90 Å². The van der Waals surface area contributed by atoms with E-state index in [-0.39, 0.29) is 23.3 Å². The van der Waals surface area contributed by atoms with E-state index >= 15 is 0 Å². The van der Waals surface area contributed by atoms with Crippen LogP contribution in [0.15, 0.2) is 41.4 Å². The standard InChI is InChI=1S/C19H23FN4O3S/c1-13-11-16(20)4-5-17(13)28(26,27)23-12-15-3-2-8-22-19(15)24-9-6-14(7-10-24)18(21)25/h2-5,8,11,14,23H,6-7,9-10,12H2,1H3,(H2,21,25). The minimum atomic E-state index is -3.80. The van der Waals surface area contributed by atoms with E-state index in [4.69, 9.17) is 5.73 Å². The van der Waals surface area contributed by atoms with Crippen LogP contribution in [-0.4, -0.2) is 32.4 Å². The summed E-state index contributed by atoms with van der Waals surface area (Å²) in [6.07, 6.45) is 2.94. The molecule has 9 heteroatoms. The summed E-state index contributed by atoms with van der Waals surface area (Å²) in [6, 6.07) is 7.12. The summed E-state index contributed by atoms with van der Waals surface area (Å²) in [6.45, 7) is 2.86. The zero-order chi connectivity index (χ0) is 20.3. The maximum Gasteiger partial charge on any atom is 0.241 e. The fourth-order valence-corrected chi connectivity index (χ4v) is 4.62. The number of hydrogen-bond acceptors (Lipinski definition) is 5. The monoisotopic (exact) mass is 406 g/mol. The van der Waals surface area contributed by atoms with Crippen LogP contribution in [0.5, 0.6) is 0 Å². The second-order valence-electron chi connectivity index (χ2n) is 6.88. The smallest absolute Gasteiger partial charge is 0.241 e. The van der Waals surface area contributed by atoms with Crippen LogP contribution in [0.1, 0.15) is 24.0 Å². The number of benzene rings is 1. The highest BCUT2D eigenvalue weighted by Crippen LogP contribution is 2.25. The number of anilines is 1. The summed E-state index contributed by atoms with van der Waals surface area (Å²) in [5, 5.41) is 0. The second kappa shape index (κ2) is 8.24. The van der Waals surface area contributed by atoms with E-state index < -0.39 is 15.8 Å². The lowest BCUT2D eigenvalue weighted by Gasteiger charge is -2.32. The number of halogens is 1. The molecular formula is C19H23FN4O3S. The van der Waals surface area contributed by atoms with Crippen molar-refractivity contribution < 1.29 is 17.6 Å². The maximum atomic E-state index is 13.3. The Morgan fingerprint density at radius 1 is 1.32 bits per heavy atom. The quantitative estimate of drug-likeness (QED) is 0.760. The van der Waals surface area contributed by atoms with Gasteiger partial charge in [0.25, 0.3) is 0 Å². The van der Waals surface area contributed by atoms with Crippen LogP contribution in [0.4, 0.5) is 10.2 Å². The fraction of sp³-hybridized carbons (Fsp3) is 0.368. The summed E-state index contributed by atoms with van der Waals surface area (Å²) >= 11 is 0. The Bertz CT molecular complexity index is 973. The molecule has 0 atom stereocenters. The van der Waals surface area contributed by atoms with Gasteiger partial charge in [0.1, 0.15) is 11.6 Å². The molecule has 1 aromatic heterocycles. The average Bonchev–Trinajstić information content (AvgIpc) is 2.66. The lowest BCUT2D eigenvalue weighted by Crippen LogP contribution is -2.39. The Balaban J connectivity index is 1.74. The molecule has 150 valence electrons. The van der Waals surface area contributed by atoms with Crippen LogP contribution in [0.3, 0.4) is 0 Å². The minimum Gasteiger partial charge on any atom is -0.369 e. The van der Waals surface area contributed by atoms with E-state index in [0.29, 0.717) is 37.3 Å². The van der Waals surface area contributed by atoms with Gasteiger partial charge in [-0.2, -0.15) is 0 Å². The van der Waals surface area contributed by atoms with Crippen molar-refractivity contribution in [3.05, 3.63) is 53.5 Å². The van der Waals surface area contributed by atoms with Gasteiger partial charge in [-0.1, -0.05) is 6.07 Å². The van der Waals surface area contributed by atoms with Gasteiger partial charge < -0.3 is 10.6 Å². The summed E-state index contributed by atoms with van der Waals surface area (Å²) in [5.74, 6) is -0.221. The SMILES string of the molecule is Cc1cc(F)ccc1S(=O)(=O)NCc1cccnc1N1CCC(C(N)=O)CC1. The summed E-state index contributed by atoms with van der Waals surface area (Å²) in [7, 11) is -3.80. The largest absolute Gasteiger partial charge is 0.369 e. The third kappa shape index (κ3) is 4.48. The van der Waals surface area contributed by atoms with Crippen LogP contribution in [0.2, 0.25) is 0 Å². The van der Waals surface area contributed by atoms with Crippen LogP contribution in [-0.2, 0) is 21.4 Å². The maximum absolute atomic E-state index is 13.3. The van der Waals surface area contributed by atoms with Crippen LogP contribution in [0, 0.1) is 18.7 Å². The first-order chi connectivity index (χ1) is 13.3. The number of carbonyl (C=O) groups is 1. The number of nitrogens with two attached hydrogens (primary N) is 1. The molecule has 0 aliphatic carbocycles. The molecule has 0 spiro atoms. The zero-order valence-electron chi connectivity index (χ0n) is 15.6. The Morgan fingerprint density at radius 2 is 2.04 bits per heavy atom. The zero-order valence-corrected chi connectivity index (χ0v) is 16.4. The number of pyridine rings is 1. The van der Waals surface area contributed by atoms with Crippen molar-refractivity contribution >= 4 is 21.7 Å². The molecule has 28 heavy (non-hydrogen) atoms. The number of hydrogen-bond donors (Lipinski definition) is 2. The minimum absolute atomic E-state index is 0.0432. The van der Waals surface area contributed by atoms with E-state index in [1.807, 2.05) is 11.0 Å². The van der Waals surface area contributed by atoms with Gasteiger partial charge in [-0.3, -0.25) is 4.79 Å². The third-order valence-corrected chi connectivity index (χ3v) is 6.50. The third-order valence-electron chi connectivity index (χ3n) is 4.94. The molecule has 1 aliphatic heterocycles. The molecule has 3 rings (SSSR count). The Kier molecular flexibility index (Phi) is 5.95. The van der Waals surface area contributed by atoms with Gasteiger partial charge in [-0.15, -0.1) is 0 Å². The number of rotatable bonds is 6. The highest BCUT2D eigenvalue weighted by atomic mass is 32.2. The van der Waals surface area contributed by atoms with E-state index in [1.165, 1.54) is 12.1 Å². The first kappa shape index (κ1) is 20.2. The normalized spacial score (nSPS) is 15.6. The van der Waals surface area contributed by atoms with Crippen LogP contribution < -0.4 is 15.4 Å². The van der Waals surface area contributed by atoms with Crippen molar-refractivity contribution in [2.75, 3.05) is 18.0 Å². The number of sulfonamides is 1. The van der Waals surface area contributed by atoms with E-state index in [1.54, 1.807) is 19.2 Å². The lowest BCUT2D eigenvalue weighted by molar-refractivity contribution is -0.122. The van der Waals surface area contributed by atoms with Crippen molar-refractivity contribution in [2.24, 2.45) is 11.7 Å². The van der Waals surface area contributed by atoms with Crippen molar-refractivity contribution in [2.45, 2.75) is 31.2 Å². The molecule has 0 bridgehead atoms. The predicted molar refractivity (Wildman–Crippen MR) is 104 cm³/mol. The van der Waals surface area contributed by atoms with E-state index in [2.05, 4.69) is 9.71 Å². The Morgan fingerprint density at radius 3 is 2.68 bits per heavy atom. The molecule has 2 heterocycles. The number of amides is 1. The van der Waals surface area contributed by atoms with Crippen molar-refractivity contribution in [3.8, 4) is 0 Å². The molecular weight excluding hydrogens is 383 g/mol. The molecule has 7 nitrogen and oxygen atoms in total. The number of carbonyl (C=O) groups excluding carboxylic acids is 1. The van der Waals surface area contributed by atoms with E-state index in [0.717, 1.165) is 11.6 Å². The molecule has 0 saturated carbocycles. The number of primary amides is 1. The van der Waals surface area contributed by atoms with Crippen LogP contribution in [0.25, 0.3) is 0 Å². The number of piperidine rings is 1. The molecule has 3 N–H and O–H groups in total. The fourth-order valence-electron chi connectivity index (χ4n) is 3.39. The van der Waals surface area contributed by atoms with Crippen molar-refractivity contribution in [1.29, 1.82) is 0 Å². The molecule has 1 aromatic carbocycles. The highest BCUT2D eigenvalue weighted by Gasteiger charge is 2.25. The Hall–Kier alpha value is -2.52. The molecule has 1 aliphatic rings. The van der Waals surface area contributed by atoms with Crippen LogP contribution >= 0.6 is 0 Å². The molecule has 1 fully saturated rings. The topological polar surface area (TPSA) is 105 Å². The van der Waals surface area contributed by atoms with Crippen molar-refractivity contribution in [1.82, 2.24) is 9.71 Å². The molecule has 1 amide bonds. The first-order valence-corrected chi connectivity index (χ1v) is 10.5. The molecule has 1 saturated heterocycles. The van der Waals surface area contributed by atoms with Crippen molar-refractivity contribution in [3.63, 3.8) is 0 Å². The summed E-state index contributed by atoms with van der Waals surface area (Å²) in [4.78, 5) is 17.8. The average molecular weight is 406 g/mol. The van der Waals surface area contributed by atoms with Gasteiger partial charge in [0.15, 0.2) is 0 Å². The van der Waals surface area contributed by atoms with Gasteiger partial charge in [0.2, 0.25) is 15.9 Å². The van der Waals surface area contributed by atoms with Gasteiger partial charge in [-0.05, 0) is 49.6 Å². The summed E-state index contributed by atoms with van der Waals surface area (Å²) in [5.41, 5.74) is 6.45. The first-order valence-electron chi connectivity index (χ1n) is 9.02. The van der Waals surface area contributed by atoms with E-state index in [9.17, 15) is 17.6 Å². The van der Waals surface area contributed by atoms with Gasteiger partial charge in [0, 0.05) is 37.3 Å². The number of aryl methyl sites for hydroxylation is 1. The molecule has 2 aromatic rings. The number of aromatic nitrogens is 1. The number of nitrogens with one attached hydrogen (secondary N) is 1. The Labute approximate surface area is 163 Å². The van der Waals surface area contributed by atoms with Gasteiger partial charge in [-0.25, -0.2) is 22.5 Å². The number of nitrogens with zero attached hydrogens (tertiary/aromatic N) is 2. The predicted octanol–water partition coefficient (Wildman–Crippen LogP) is 1.71. The van der Waals surface area contributed by atoms with Gasteiger partial charge >= 0.3 is 0 Å². The molecule has 0 unspecified atom stereocenters.